The van der Waals surface area contributed by atoms with Crippen LogP contribution in [0.3, 0.4) is 0 Å². The van der Waals surface area contributed by atoms with E-state index in [1.54, 1.807) is 35.1 Å². The largest absolute Gasteiger partial charge is 0.377 e. The summed E-state index contributed by atoms with van der Waals surface area (Å²) in [6.07, 6.45) is 4.14. The van der Waals surface area contributed by atoms with Gasteiger partial charge < -0.3 is 15.8 Å². The molecular weight excluding hydrogens is 416 g/mol. The minimum atomic E-state index is -0.567. The Labute approximate surface area is 186 Å². The van der Waals surface area contributed by atoms with Gasteiger partial charge in [-0.3, -0.25) is 14.4 Å². The molecule has 0 spiro atoms. The number of amides is 1. The smallest absolute Gasteiger partial charge is 0.254 e. The number of carbonyl (C=O) groups is 1. The summed E-state index contributed by atoms with van der Waals surface area (Å²) < 4.78 is 7.14. The summed E-state index contributed by atoms with van der Waals surface area (Å²) in [7, 11) is 2.12. The molecule has 164 valence electrons. The third-order valence-electron chi connectivity index (χ3n) is 6.62. The molecule has 3 atom stereocenters. The summed E-state index contributed by atoms with van der Waals surface area (Å²) in [4.78, 5) is 14.4. The predicted molar refractivity (Wildman–Crippen MR) is 118 cm³/mol. The first kappa shape index (κ1) is 21.6. The number of anilines is 2. The van der Waals surface area contributed by atoms with Crippen molar-refractivity contribution in [1.29, 1.82) is 5.26 Å². The van der Waals surface area contributed by atoms with Gasteiger partial charge >= 0.3 is 0 Å². The highest BCUT2D eigenvalue weighted by molar-refractivity contribution is 6.30. The van der Waals surface area contributed by atoms with Gasteiger partial charge in [0, 0.05) is 22.9 Å². The van der Waals surface area contributed by atoms with Gasteiger partial charge in [0.15, 0.2) is 5.82 Å². The average Bonchev–Trinajstić information content (AvgIpc) is 3.16. The van der Waals surface area contributed by atoms with E-state index in [0.717, 1.165) is 38.2 Å². The van der Waals surface area contributed by atoms with Gasteiger partial charge in [-0.25, -0.2) is 0 Å². The first-order chi connectivity index (χ1) is 14.8. The van der Waals surface area contributed by atoms with Gasteiger partial charge in [-0.15, -0.1) is 0 Å². The molecule has 0 bridgehead atoms. The molecular formula is C22H27ClN6O2. The van der Waals surface area contributed by atoms with E-state index in [2.05, 4.69) is 35.4 Å². The fourth-order valence-corrected chi connectivity index (χ4v) is 4.61. The average molecular weight is 443 g/mol. The number of nitriles is 1. The highest BCUT2D eigenvalue weighted by Gasteiger charge is 2.43. The number of ether oxygens (including phenoxy) is 1. The molecule has 1 aliphatic heterocycles. The van der Waals surface area contributed by atoms with E-state index in [1.165, 1.54) is 0 Å². The van der Waals surface area contributed by atoms with Gasteiger partial charge in [-0.05, 0) is 57.5 Å². The molecule has 9 heteroatoms. The summed E-state index contributed by atoms with van der Waals surface area (Å²) in [6, 6.07) is 9.78. The maximum atomic E-state index is 12.0. The van der Waals surface area contributed by atoms with Crippen LogP contribution in [-0.4, -0.2) is 52.4 Å². The molecule has 1 saturated heterocycles. The molecule has 1 aromatic carbocycles. The summed E-state index contributed by atoms with van der Waals surface area (Å²) in [6.45, 7) is 3.65. The van der Waals surface area contributed by atoms with Crippen molar-refractivity contribution in [3.63, 3.8) is 0 Å². The molecule has 2 aromatic rings. The Balaban J connectivity index is 1.54. The molecule has 2 fully saturated rings. The second kappa shape index (κ2) is 8.50. The molecule has 8 nitrogen and oxygen atoms in total. The van der Waals surface area contributed by atoms with Crippen LogP contribution in [0.1, 0.15) is 42.6 Å². The maximum Gasteiger partial charge on any atom is 0.254 e. The van der Waals surface area contributed by atoms with Crippen molar-refractivity contribution in [2.45, 2.75) is 43.8 Å². The molecule has 3 N–H and O–H groups in total. The highest BCUT2D eigenvalue weighted by Crippen LogP contribution is 2.39. The van der Waals surface area contributed by atoms with E-state index in [0.29, 0.717) is 22.4 Å². The number of aromatic nitrogens is 2. The predicted octanol–water partition coefficient (Wildman–Crippen LogP) is 3.33. The van der Waals surface area contributed by atoms with Gasteiger partial charge in [0.05, 0.1) is 36.8 Å². The van der Waals surface area contributed by atoms with Gasteiger partial charge in [-0.1, -0.05) is 11.6 Å². The Morgan fingerprint density at radius 3 is 2.68 bits per heavy atom. The quantitative estimate of drug-likeness (QED) is 0.710. The fraction of sp³-hybridized carbons (Fsp3) is 0.500. The lowest BCUT2D eigenvalue weighted by Gasteiger charge is -2.50. The summed E-state index contributed by atoms with van der Waals surface area (Å²) >= 11 is 5.95. The fourth-order valence-electron chi connectivity index (χ4n) is 4.49. The molecule has 4 rings (SSSR count). The number of primary amides is 1. The topological polar surface area (TPSA) is 109 Å². The molecule has 2 heterocycles. The minimum absolute atomic E-state index is 0.0397. The lowest BCUT2D eigenvalue weighted by atomic mass is 9.80. The minimum Gasteiger partial charge on any atom is -0.377 e. The summed E-state index contributed by atoms with van der Waals surface area (Å²) in [5, 5.41) is 18.2. The van der Waals surface area contributed by atoms with Crippen LogP contribution in [0.5, 0.6) is 0 Å². The Bertz CT molecular complexity index is 994. The second-order valence-electron chi connectivity index (χ2n) is 8.74. The van der Waals surface area contributed by atoms with Crippen molar-refractivity contribution in [1.82, 2.24) is 14.7 Å². The zero-order chi connectivity index (χ0) is 22.2. The maximum absolute atomic E-state index is 12.0. The zero-order valence-corrected chi connectivity index (χ0v) is 18.5. The van der Waals surface area contributed by atoms with Gasteiger partial charge in [-0.2, -0.15) is 10.4 Å². The van der Waals surface area contributed by atoms with E-state index in [1.807, 2.05) is 0 Å². The molecule has 1 saturated carbocycles. The van der Waals surface area contributed by atoms with Crippen molar-refractivity contribution in [3.8, 4) is 6.07 Å². The molecule has 0 radical (unpaired) electrons. The van der Waals surface area contributed by atoms with Gasteiger partial charge in [0.2, 0.25) is 0 Å². The summed E-state index contributed by atoms with van der Waals surface area (Å²) in [5.41, 5.74) is 6.68. The van der Waals surface area contributed by atoms with Crippen LogP contribution in [0.25, 0.3) is 0 Å². The van der Waals surface area contributed by atoms with E-state index < -0.39 is 5.91 Å². The zero-order valence-electron chi connectivity index (χ0n) is 17.7. The first-order valence-electron chi connectivity index (χ1n) is 10.4. The number of hydrogen-bond donors (Lipinski definition) is 2. The SMILES string of the molecule is CN(C1CCC(n2cc(C(N)=O)c(Nc3ccc(Cl)cc3)n2)C(C#N)C1)C1(C)COC1. The number of halogens is 1. The van der Waals surface area contributed by atoms with Crippen molar-refractivity contribution < 1.29 is 9.53 Å². The van der Waals surface area contributed by atoms with Crippen molar-refractivity contribution in [2.24, 2.45) is 11.7 Å². The number of nitrogens with zero attached hydrogens (tertiary/aromatic N) is 4. The standard InChI is InChI=1S/C22H27ClN6O2/c1-22(12-31-13-22)28(2)17-7-8-19(14(9-17)10-24)29-11-18(20(25)30)21(27-29)26-16-5-3-15(23)4-6-16/h3-6,11,14,17,19H,7-9,12-13H2,1-2H3,(H2,25,30)(H,26,27). The van der Waals surface area contributed by atoms with Crippen LogP contribution in [0, 0.1) is 17.2 Å². The van der Waals surface area contributed by atoms with E-state index in [4.69, 9.17) is 22.1 Å². The molecule has 1 amide bonds. The Morgan fingerprint density at radius 1 is 1.39 bits per heavy atom. The molecule has 1 aromatic heterocycles. The third-order valence-corrected chi connectivity index (χ3v) is 6.87. The van der Waals surface area contributed by atoms with E-state index in [9.17, 15) is 10.1 Å². The Hall–Kier alpha value is -2.60. The first-order valence-corrected chi connectivity index (χ1v) is 10.8. The highest BCUT2D eigenvalue weighted by atomic mass is 35.5. The van der Waals surface area contributed by atoms with Crippen LogP contribution >= 0.6 is 11.6 Å². The monoisotopic (exact) mass is 442 g/mol. The van der Waals surface area contributed by atoms with Crippen LogP contribution in [0.4, 0.5) is 11.5 Å². The van der Waals surface area contributed by atoms with Crippen LogP contribution in [0.15, 0.2) is 30.5 Å². The molecule has 2 aliphatic rings. The number of hydrogen-bond acceptors (Lipinski definition) is 6. The number of nitrogens with one attached hydrogen (secondary N) is 1. The van der Waals surface area contributed by atoms with E-state index in [-0.39, 0.29) is 17.5 Å². The van der Waals surface area contributed by atoms with Gasteiger partial charge in [0.25, 0.3) is 5.91 Å². The number of likely N-dealkylation sites (N-methyl/N-ethyl adjacent to an activating group) is 1. The lowest BCUT2D eigenvalue weighted by molar-refractivity contribution is -0.140. The van der Waals surface area contributed by atoms with Crippen molar-refractivity contribution >= 4 is 29.0 Å². The number of rotatable bonds is 6. The Morgan fingerprint density at radius 2 is 2.10 bits per heavy atom. The molecule has 3 unspecified atom stereocenters. The second-order valence-corrected chi connectivity index (χ2v) is 9.17. The Kier molecular flexibility index (Phi) is 5.93. The van der Waals surface area contributed by atoms with Crippen LogP contribution < -0.4 is 11.1 Å². The van der Waals surface area contributed by atoms with Gasteiger partial charge in [0.1, 0.15) is 5.56 Å². The molecule has 1 aliphatic carbocycles. The van der Waals surface area contributed by atoms with Crippen molar-refractivity contribution in [3.05, 3.63) is 41.0 Å². The van der Waals surface area contributed by atoms with Crippen LogP contribution in [-0.2, 0) is 4.74 Å². The number of nitrogens with two attached hydrogens (primary N) is 1. The molecule has 31 heavy (non-hydrogen) atoms. The van der Waals surface area contributed by atoms with E-state index >= 15 is 0 Å². The normalized spacial score (nSPS) is 24.9. The number of carbonyl (C=O) groups excluding carboxylic acids is 1. The lowest BCUT2D eigenvalue weighted by Crippen LogP contribution is -2.62. The van der Waals surface area contributed by atoms with Crippen LogP contribution in [0.2, 0.25) is 5.02 Å². The summed E-state index contributed by atoms with van der Waals surface area (Å²) in [5.74, 6) is -0.401. The van der Waals surface area contributed by atoms with Crippen molar-refractivity contribution in [2.75, 3.05) is 25.6 Å². The number of benzene rings is 1. The third kappa shape index (κ3) is 4.26.